The first kappa shape index (κ1) is 16.3. The molecule has 124 valence electrons. The van der Waals surface area contributed by atoms with Gasteiger partial charge in [0.1, 0.15) is 5.75 Å². The summed E-state index contributed by atoms with van der Waals surface area (Å²) in [5.74, 6) is -0.174. The van der Waals surface area contributed by atoms with Gasteiger partial charge in [-0.3, -0.25) is 4.90 Å². The molecule has 0 bridgehead atoms. The summed E-state index contributed by atoms with van der Waals surface area (Å²) in [5.41, 5.74) is 0.816. The number of alkyl halides is 3. The molecule has 1 N–H and O–H groups in total. The number of benzene rings is 1. The molecule has 2 aromatic rings. The summed E-state index contributed by atoms with van der Waals surface area (Å²) in [6.07, 6.45) is -4.67. The fourth-order valence-electron chi connectivity index (χ4n) is 2.82. The van der Waals surface area contributed by atoms with Gasteiger partial charge in [-0.25, -0.2) is 0 Å². The van der Waals surface area contributed by atoms with Crippen LogP contribution in [0.25, 0.3) is 0 Å². The van der Waals surface area contributed by atoms with E-state index in [4.69, 9.17) is 0 Å². The SMILES string of the molecule is FC(F)(F)Oc1cccc([C@@H](c2cccs2)N2CCNCC2)c1. The highest BCUT2D eigenvalue weighted by Gasteiger charge is 2.32. The number of hydrogen-bond donors (Lipinski definition) is 1. The summed E-state index contributed by atoms with van der Waals surface area (Å²) < 4.78 is 41.5. The van der Waals surface area contributed by atoms with Crippen molar-refractivity contribution in [2.45, 2.75) is 12.4 Å². The van der Waals surface area contributed by atoms with Gasteiger partial charge in [-0.2, -0.15) is 0 Å². The molecule has 3 nitrogen and oxygen atoms in total. The Balaban J connectivity index is 1.91. The molecule has 1 aliphatic rings. The van der Waals surface area contributed by atoms with E-state index < -0.39 is 6.36 Å². The van der Waals surface area contributed by atoms with Gasteiger partial charge in [0.05, 0.1) is 6.04 Å². The first-order valence-electron chi connectivity index (χ1n) is 7.37. The minimum absolute atomic E-state index is 0.0473. The van der Waals surface area contributed by atoms with Crippen LogP contribution in [0.2, 0.25) is 0 Å². The van der Waals surface area contributed by atoms with Crippen molar-refractivity contribution in [3.8, 4) is 5.75 Å². The lowest BCUT2D eigenvalue weighted by molar-refractivity contribution is -0.274. The first-order chi connectivity index (χ1) is 11.0. The molecule has 2 heterocycles. The summed E-state index contributed by atoms with van der Waals surface area (Å²) in [7, 11) is 0. The molecule has 1 aliphatic heterocycles. The van der Waals surface area contributed by atoms with Crippen molar-refractivity contribution in [2.24, 2.45) is 0 Å². The second-order valence-electron chi connectivity index (χ2n) is 5.32. The highest BCUT2D eigenvalue weighted by atomic mass is 32.1. The van der Waals surface area contributed by atoms with Crippen LogP contribution in [0.5, 0.6) is 5.75 Å². The Morgan fingerprint density at radius 1 is 1.13 bits per heavy atom. The Kier molecular flexibility index (Phi) is 4.89. The lowest BCUT2D eigenvalue weighted by Gasteiger charge is -2.34. The maximum atomic E-state index is 12.5. The number of halogens is 3. The minimum atomic E-state index is -4.67. The molecule has 1 atom stereocenters. The number of ether oxygens (including phenoxy) is 1. The highest BCUT2D eigenvalue weighted by Crippen LogP contribution is 2.34. The number of hydrogen-bond acceptors (Lipinski definition) is 4. The molecule has 0 amide bonds. The van der Waals surface area contributed by atoms with Crippen molar-refractivity contribution < 1.29 is 17.9 Å². The Bertz CT molecular complexity index is 625. The van der Waals surface area contributed by atoms with Crippen LogP contribution in [0.1, 0.15) is 16.5 Å². The van der Waals surface area contributed by atoms with Crippen molar-refractivity contribution in [3.63, 3.8) is 0 Å². The molecule has 1 aromatic heterocycles. The quantitative estimate of drug-likeness (QED) is 0.918. The number of nitrogens with zero attached hydrogens (tertiary/aromatic N) is 1. The van der Waals surface area contributed by atoms with Crippen LogP contribution in [0.3, 0.4) is 0 Å². The van der Waals surface area contributed by atoms with E-state index in [-0.39, 0.29) is 11.8 Å². The third-order valence-electron chi connectivity index (χ3n) is 3.74. The van der Waals surface area contributed by atoms with Crippen molar-refractivity contribution >= 4 is 11.3 Å². The summed E-state index contributed by atoms with van der Waals surface area (Å²) >= 11 is 1.61. The lowest BCUT2D eigenvalue weighted by atomic mass is 10.0. The topological polar surface area (TPSA) is 24.5 Å². The molecule has 0 unspecified atom stereocenters. The normalized spacial score (nSPS) is 17.9. The van der Waals surface area contributed by atoms with Gasteiger partial charge in [0.2, 0.25) is 0 Å². The molecule has 3 rings (SSSR count). The van der Waals surface area contributed by atoms with E-state index >= 15 is 0 Å². The van der Waals surface area contributed by atoms with Gasteiger partial charge in [-0.15, -0.1) is 24.5 Å². The molecule has 0 aliphatic carbocycles. The van der Waals surface area contributed by atoms with E-state index in [9.17, 15) is 13.2 Å². The molecular weight excluding hydrogens is 325 g/mol. The van der Waals surface area contributed by atoms with E-state index in [1.165, 1.54) is 12.1 Å². The van der Waals surface area contributed by atoms with Crippen LogP contribution >= 0.6 is 11.3 Å². The van der Waals surface area contributed by atoms with Gasteiger partial charge in [-0.05, 0) is 29.1 Å². The van der Waals surface area contributed by atoms with Crippen LogP contribution in [0.4, 0.5) is 13.2 Å². The zero-order chi connectivity index (χ0) is 16.3. The van der Waals surface area contributed by atoms with Crippen LogP contribution in [0, 0.1) is 0 Å². The number of rotatable bonds is 4. The third-order valence-corrected chi connectivity index (χ3v) is 4.66. The van der Waals surface area contributed by atoms with Gasteiger partial charge >= 0.3 is 6.36 Å². The zero-order valence-corrected chi connectivity index (χ0v) is 13.2. The maximum Gasteiger partial charge on any atom is 0.573 e. The van der Waals surface area contributed by atoms with Gasteiger partial charge in [-0.1, -0.05) is 18.2 Å². The number of thiophene rings is 1. The minimum Gasteiger partial charge on any atom is -0.406 e. The second kappa shape index (κ2) is 6.90. The summed E-state index contributed by atoms with van der Waals surface area (Å²) in [6, 6.07) is 10.2. The zero-order valence-electron chi connectivity index (χ0n) is 12.3. The Labute approximate surface area is 136 Å². The fraction of sp³-hybridized carbons (Fsp3) is 0.375. The average molecular weight is 342 g/mol. The van der Waals surface area contributed by atoms with Crippen molar-refractivity contribution in [2.75, 3.05) is 26.2 Å². The molecule has 0 saturated carbocycles. The predicted molar refractivity (Wildman–Crippen MR) is 83.7 cm³/mol. The van der Waals surface area contributed by atoms with Gasteiger partial charge in [0.25, 0.3) is 0 Å². The molecule has 0 spiro atoms. The Morgan fingerprint density at radius 2 is 1.91 bits per heavy atom. The van der Waals surface area contributed by atoms with Crippen LogP contribution in [0.15, 0.2) is 41.8 Å². The van der Waals surface area contributed by atoms with E-state index in [1.807, 2.05) is 23.6 Å². The van der Waals surface area contributed by atoms with E-state index in [2.05, 4.69) is 15.0 Å². The van der Waals surface area contributed by atoms with Gasteiger partial charge in [0, 0.05) is 31.1 Å². The molecular formula is C16H17F3N2OS. The van der Waals surface area contributed by atoms with Crippen LogP contribution in [-0.2, 0) is 0 Å². The molecule has 1 fully saturated rings. The third kappa shape index (κ3) is 4.25. The van der Waals surface area contributed by atoms with Crippen molar-refractivity contribution in [1.29, 1.82) is 0 Å². The molecule has 7 heteroatoms. The van der Waals surface area contributed by atoms with Gasteiger partial charge < -0.3 is 10.1 Å². The first-order valence-corrected chi connectivity index (χ1v) is 8.25. The summed E-state index contributed by atoms with van der Waals surface area (Å²) in [4.78, 5) is 3.41. The summed E-state index contributed by atoms with van der Waals surface area (Å²) in [6.45, 7) is 3.46. The Morgan fingerprint density at radius 3 is 2.57 bits per heavy atom. The molecule has 1 saturated heterocycles. The number of piperazine rings is 1. The average Bonchev–Trinajstić information content (AvgIpc) is 3.01. The molecule has 1 aromatic carbocycles. The monoisotopic (exact) mass is 342 g/mol. The lowest BCUT2D eigenvalue weighted by Crippen LogP contribution is -2.45. The highest BCUT2D eigenvalue weighted by molar-refractivity contribution is 7.10. The van der Waals surface area contributed by atoms with Crippen molar-refractivity contribution in [3.05, 3.63) is 52.2 Å². The molecule has 0 radical (unpaired) electrons. The predicted octanol–water partition coefficient (Wildman–Crippen LogP) is 3.64. The van der Waals surface area contributed by atoms with E-state index in [0.717, 1.165) is 36.6 Å². The van der Waals surface area contributed by atoms with Gasteiger partial charge in [0.15, 0.2) is 0 Å². The fourth-order valence-corrected chi connectivity index (χ4v) is 3.71. The maximum absolute atomic E-state index is 12.5. The largest absolute Gasteiger partial charge is 0.573 e. The summed E-state index contributed by atoms with van der Waals surface area (Å²) in [5, 5.41) is 5.28. The Hall–Kier alpha value is -1.57. The van der Waals surface area contributed by atoms with Crippen LogP contribution < -0.4 is 10.1 Å². The van der Waals surface area contributed by atoms with E-state index in [1.54, 1.807) is 17.4 Å². The number of nitrogens with one attached hydrogen (secondary N) is 1. The molecule has 23 heavy (non-hydrogen) atoms. The van der Waals surface area contributed by atoms with Crippen LogP contribution in [-0.4, -0.2) is 37.4 Å². The standard InChI is InChI=1S/C16H17F3N2OS/c17-16(18,19)22-13-4-1-3-12(11-13)15(14-5-2-10-23-14)21-8-6-20-7-9-21/h1-5,10-11,15,20H,6-9H2/t15-/m0/s1. The smallest absolute Gasteiger partial charge is 0.406 e. The second-order valence-corrected chi connectivity index (χ2v) is 6.30. The van der Waals surface area contributed by atoms with E-state index in [0.29, 0.717) is 0 Å². The van der Waals surface area contributed by atoms with Crippen molar-refractivity contribution in [1.82, 2.24) is 10.2 Å².